The number of urea groups is 1. The Morgan fingerprint density at radius 3 is 2.56 bits per heavy atom. The van der Waals surface area contributed by atoms with Crippen molar-refractivity contribution in [3.05, 3.63) is 54.3 Å². The maximum atomic E-state index is 12.9. The van der Waals surface area contributed by atoms with Crippen LogP contribution in [0.25, 0.3) is 10.2 Å². The quantitative estimate of drug-likeness (QED) is 0.142. The van der Waals surface area contributed by atoms with Gasteiger partial charge in [0, 0.05) is 25.6 Å². The Labute approximate surface area is 219 Å². The second-order valence-electron chi connectivity index (χ2n) is 7.49. The lowest BCUT2D eigenvalue weighted by Crippen LogP contribution is -2.37. The van der Waals surface area contributed by atoms with Gasteiger partial charge in [0.05, 0.1) is 28.7 Å². The molecule has 0 radical (unpaired) electrons. The number of nitrogens with two attached hydrogens (primary N) is 1. The average molecular weight is 531 g/mol. The third-order valence-electron chi connectivity index (χ3n) is 5.17. The van der Waals surface area contributed by atoms with Crippen molar-refractivity contribution in [1.29, 1.82) is 0 Å². The molecule has 3 heterocycles. The molecule has 2 aromatic heterocycles. The molecule has 4 N–H and O–H groups in total. The lowest BCUT2D eigenvalue weighted by Gasteiger charge is -2.28. The van der Waals surface area contributed by atoms with E-state index in [1.807, 2.05) is 0 Å². The molecule has 2 aromatic rings. The van der Waals surface area contributed by atoms with Crippen LogP contribution < -0.4 is 21.3 Å². The van der Waals surface area contributed by atoms with Gasteiger partial charge in [-0.3, -0.25) is 19.5 Å². The van der Waals surface area contributed by atoms with Crippen molar-refractivity contribution in [1.82, 2.24) is 10.3 Å². The smallest absolute Gasteiger partial charge is 0.331 e. The summed E-state index contributed by atoms with van der Waals surface area (Å²) in [7, 11) is 1.49. The highest BCUT2D eigenvalue weighted by Gasteiger charge is 2.33. The maximum Gasteiger partial charge on any atom is 0.331 e. The first-order chi connectivity index (χ1) is 17.3. The van der Waals surface area contributed by atoms with Gasteiger partial charge in [0.15, 0.2) is 0 Å². The van der Waals surface area contributed by atoms with E-state index in [9.17, 15) is 14.4 Å². The molecule has 1 saturated carbocycles. The number of carbonyl (C=O) groups excluding carboxylic acids is 3. The first kappa shape index (κ1) is 28.8. The molecule has 1 fully saturated rings. The van der Waals surface area contributed by atoms with E-state index in [0.717, 1.165) is 37.1 Å². The summed E-state index contributed by atoms with van der Waals surface area (Å²) in [5.41, 5.74) is 6.27. The number of thiol groups is 1. The number of carbonyl (C=O) groups is 3. The van der Waals surface area contributed by atoms with E-state index in [1.165, 1.54) is 23.3 Å². The summed E-state index contributed by atoms with van der Waals surface area (Å²) in [5, 5.41) is 6.73. The molecule has 1 aliphatic heterocycles. The molecule has 36 heavy (non-hydrogen) atoms. The molecule has 0 spiro atoms. The molecule has 0 atom stereocenters. The van der Waals surface area contributed by atoms with Gasteiger partial charge in [0.25, 0.3) is 5.91 Å². The number of pyridine rings is 1. The van der Waals surface area contributed by atoms with Gasteiger partial charge in [0.1, 0.15) is 9.71 Å². The second kappa shape index (κ2) is 14.2. The largest absolute Gasteiger partial charge is 0.366 e. The highest BCUT2D eigenvalue weighted by atomic mass is 32.1. The SMILES string of the molecule is C=C/C(=C\N=CC)N1C(=O)Nc2c(C(=O)NC3CCCC3)sc3nccc1c23.C=CC(N)=O.COS. The van der Waals surface area contributed by atoms with E-state index in [0.29, 0.717) is 26.8 Å². The monoisotopic (exact) mass is 530 g/mol. The van der Waals surface area contributed by atoms with Crippen molar-refractivity contribution in [2.75, 3.05) is 17.3 Å². The molecule has 0 bridgehead atoms. The van der Waals surface area contributed by atoms with Crippen LogP contribution in [0.3, 0.4) is 0 Å². The van der Waals surface area contributed by atoms with Crippen LogP contribution in [0.5, 0.6) is 0 Å². The van der Waals surface area contributed by atoms with E-state index in [2.05, 4.69) is 56.6 Å². The predicted octanol–water partition coefficient (Wildman–Crippen LogP) is 4.57. The first-order valence-electron chi connectivity index (χ1n) is 11.1. The molecule has 0 unspecified atom stereocenters. The number of aromatic nitrogens is 1. The summed E-state index contributed by atoms with van der Waals surface area (Å²) in [6, 6.07) is 1.62. The van der Waals surface area contributed by atoms with Crippen molar-refractivity contribution in [2.45, 2.75) is 38.6 Å². The topological polar surface area (TPSA) is 139 Å². The Balaban J connectivity index is 0.000000501. The van der Waals surface area contributed by atoms with Crippen LogP contribution in [0.2, 0.25) is 0 Å². The molecule has 4 amide bonds. The van der Waals surface area contributed by atoms with Gasteiger partial charge < -0.3 is 20.6 Å². The Morgan fingerprint density at radius 2 is 2.00 bits per heavy atom. The van der Waals surface area contributed by atoms with E-state index in [-0.39, 0.29) is 18.0 Å². The van der Waals surface area contributed by atoms with Crippen LogP contribution in [0.15, 0.2) is 54.5 Å². The van der Waals surface area contributed by atoms with Crippen LogP contribution in [0.1, 0.15) is 42.3 Å². The van der Waals surface area contributed by atoms with Gasteiger partial charge in [-0.1, -0.05) is 26.0 Å². The van der Waals surface area contributed by atoms with E-state index < -0.39 is 5.91 Å². The van der Waals surface area contributed by atoms with Gasteiger partial charge >= 0.3 is 6.03 Å². The summed E-state index contributed by atoms with van der Waals surface area (Å²) >= 11 is 4.58. The number of nitrogens with zero attached hydrogens (tertiary/aromatic N) is 3. The zero-order valence-electron chi connectivity index (χ0n) is 20.2. The first-order valence-corrected chi connectivity index (χ1v) is 12.2. The normalized spacial score (nSPS) is 14.9. The van der Waals surface area contributed by atoms with Crippen molar-refractivity contribution >= 4 is 69.9 Å². The van der Waals surface area contributed by atoms with Crippen LogP contribution in [-0.2, 0) is 8.98 Å². The van der Waals surface area contributed by atoms with Gasteiger partial charge in [-0.15, -0.1) is 11.3 Å². The van der Waals surface area contributed by atoms with Gasteiger partial charge in [-0.2, -0.15) is 0 Å². The number of hydrogen-bond acceptors (Lipinski definition) is 8. The summed E-state index contributed by atoms with van der Waals surface area (Å²) in [4.78, 5) is 46.5. The molecule has 1 aliphatic carbocycles. The molecule has 0 saturated heterocycles. The maximum absolute atomic E-state index is 12.9. The van der Waals surface area contributed by atoms with Crippen LogP contribution in [0.4, 0.5) is 16.2 Å². The highest BCUT2D eigenvalue weighted by Crippen LogP contribution is 2.44. The molecule has 0 aromatic carbocycles. The van der Waals surface area contributed by atoms with Crippen LogP contribution in [0, 0.1) is 0 Å². The number of amides is 4. The number of rotatable bonds is 6. The minimum absolute atomic E-state index is 0.153. The molecule has 192 valence electrons. The van der Waals surface area contributed by atoms with Crippen molar-refractivity contribution < 1.29 is 18.6 Å². The Bertz CT molecular complexity index is 1180. The number of anilines is 2. The third kappa shape index (κ3) is 7.03. The molecular formula is C24H30N6O4S2. The minimum Gasteiger partial charge on any atom is -0.366 e. The lowest BCUT2D eigenvalue weighted by atomic mass is 10.1. The van der Waals surface area contributed by atoms with Gasteiger partial charge in [0.2, 0.25) is 5.91 Å². The Kier molecular flexibility index (Phi) is 11.3. The number of allylic oxidation sites excluding steroid dienone is 1. The summed E-state index contributed by atoms with van der Waals surface area (Å²) < 4.78 is 3.94. The zero-order chi connectivity index (χ0) is 26.7. The van der Waals surface area contributed by atoms with E-state index in [4.69, 9.17) is 0 Å². The molecule has 10 nitrogen and oxygen atoms in total. The van der Waals surface area contributed by atoms with Crippen molar-refractivity contribution in [2.24, 2.45) is 10.7 Å². The standard InChI is InChI=1S/C20H21N5O2S.C3H5NO.CH4OS/c1-3-13(11-21-4-2)25-14-9-10-22-19-15(14)16(24-20(25)27)17(28-19)18(26)23-12-7-5-6-8-12;1-2-3(4)5;1-2-3/h3-4,9-12H,1,5-8H2,2H3,(H,23,26)(H,24,27);2H,1H2,(H2,4,5);3H,1H3/b13-11+,21-4?;;. The molecular weight excluding hydrogens is 500 g/mol. The van der Waals surface area contributed by atoms with E-state index in [1.54, 1.807) is 37.7 Å². The van der Waals surface area contributed by atoms with Crippen molar-refractivity contribution in [3.8, 4) is 0 Å². The Hall–Kier alpha value is -3.48. The van der Waals surface area contributed by atoms with Crippen LogP contribution in [-0.4, -0.2) is 42.2 Å². The predicted molar refractivity (Wildman–Crippen MR) is 149 cm³/mol. The second-order valence-corrected chi connectivity index (χ2v) is 8.86. The number of hydrogen-bond donors (Lipinski definition) is 4. The summed E-state index contributed by atoms with van der Waals surface area (Å²) in [6.07, 6.45) is 11.8. The van der Waals surface area contributed by atoms with Crippen molar-refractivity contribution in [3.63, 3.8) is 0 Å². The van der Waals surface area contributed by atoms with Gasteiger partial charge in [-0.05, 0) is 50.9 Å². The van der Waals surface area contributed by atoms with Gasteiger partial charge in [-0.25, -0.2) is 9.78 Å². The fraction of sp³-hybridized carbons (Fsp3) is 0.292. The summed E-state index contributed by atoms with van der Waals surface area (Å²) in [5.74, 6) is -0.635. The average Bonchev–Trinajstić information content (AvgIpc) is 3.50. The summed E-state index contributed by atoms with van der Waals surface area (Å²) in [6.45, 7) is 8.67. The third-order valence-corrected chi connectivity index (χ3v) is 6.26. The Morgan fingerprint density at radius 1 is 1.36 bits per heavy atom. The highest BCUT2D eigenvalue weighted by molar-refractivity contribution is 7.75. The molecule has 4 rings (SSSR count). The fourth-order valence-corrected chi connectivity index (χ4v) is 4.70. The van der Waals surface area contributed by atoms with Crippen LogP contribution >= 0.6 is 24.2 Å². The zero-order valence-corrected chi connectivity index (χ0v) is 21.9. The number of thiophene rings is 1. The van der Waals surface area contributed by atoms with E-state index >= 15 is 0 Å². The number of nitrogens with one attached hydrogen (secondary N) is 2. The minimum atomic E-state index is -0.481. The number of aliphatic imine (C=N–C) groups is 1. The fourth-order valence-electron chi connectivity index (χ4n) is 3.67. The molecule has 2 aliphatic rings. The number of primary amides is 1. The molecule has 12 heteroatoms. The lowest BCUT2D eigenvalue weighted by molar-refractivity contribution is -0.113.